The monoisotopic (exact) mass is 349 g/mol. The number of nitrogens with zero attached hydrogens (tertiary/aromatic N) is 1. The van der Waals surface area contributed by atoms with E-state index in [1.54, 1.807) is 0 Å². The minimum atomic E-state index is -0.766. The van der Waals surface area contributed by atoms with E-state index in [1.807, 2.05) is 0 Å². The SMILES string of the molecule is CC1CCC(NC(=O)CN2C(=O)NC3(CCCCCCC3)C2=O)CC1. The van der Waals surface area contributed by atoms with E-state index in [1.165, 1.54) is 6.42 Å². The molecule has 0 aromatic carbocycles. The predicted octanol–water partition coefficient (Wildman–Crippen LogP) is 2.72. The molecule has 25 heavy (non-hydrogen) atoms. The minimum absolute atomic E-state index is 0.154. The van der Waals surface area contributed by atoms with Crippen molar-refractivity contribution < 1.29 is 14.4 Å². The minimum Gasteiger partial charge on any atom is -0.352 e. The third-order valence-corrected chi connectivity index (χ3v) is 6.14. The molecule has 0 aromatic heterocycles. The zero-order valence-electron chi connectivity index (χ0n) is 15.3. The molecule has 4 amide bonds. The highest BCUT2D eigenvalue weighted by molar-refractivity contribution is 6.09. The van der Waals surface area contributed by atoms with Crippen molar-refractivity contribution in [2.24, 2.45) is 5.92 Å². The van der Waals surface area contributed by atoms with Crippen LogP contribution in [0, 0.1) is 5.92 Å². The summed E-state index contributed by atoms with van der Waals surface area (Å²) in [6, 6.07) is -0.224. The number of rotatable bonds is 3. The van der Waals surface area contributed by atoms with Gasteiger partial charge in [-0.2, -0.15) is 0 Å². The normalized spacial score (nSPS) is 29.9. The number of hydrogen-bond donors (Lipinski definition) is 2. The number of amides is 4. The van der Waals surface area contributed by atoms with E-state index in [-0.39, 0.29) is 24.4 Å². The zero-order valence-corrected chi connectivity index (χ0v) is 15.3. The smallest absolute Gasteiger partial charge is 0.325 e. The fourth-order valence-electron chi connectivity index (χ4n) is 4.49. The Bertz CT molecular complexity index is 518. The second-order valence-electron chi connectivity index (χ2n) is 8.20. The Labute approximate surface area is 150 Å². The van der Waals surface area contributed by atoms with Gasteiger partial charge < -0.3 is 10.6 Å². The van der Waals surface area contributed by atoms with Gasteiger partial charge in [0.1, 0.15) is 12.1 Å². The Morgan fingerprint density at radius 3 is 2.32 bits per heavy atom. The molecule has 3 fully saturated rings. The molecular weight excluding hydrogens is 318 g/mol. The van der Waals surface area contributed by atoms with Crippen LogP contribution in [0.2, 0.25) is 0 Å². The summed E-state index contributed by atoms with van der Waals surface area (Å²) >= 11 is 0. The molecule has 0 bridgehead atoms. The first-order valence-electron chi connectivity index (χ1n) is 9.94. The molecule has 2 aliphatic carbocycles. The van der Waals surface area contributed by atoms with Crippen molar-refractivity contribution in [2.75, 3.05) is 6.54 Å². The first-order valence-corrected chi connectivity index (χ1v) is 9.94. The van der Waals surface area contributed by atoms with Crippen LogP contribution in [0.3, 0.4) is 0 Å². The van der Waals surface area contributed by atoms with Crippen LogP contribution in [0.4, 0.5) is 4.79 Å². The van der Waals surface area contributed by atoms with Gasteiger partial charge in [0.25, 0.3) is 5.91 Å². The van der Waals surface area contributed by atoms with Crippen LogP contribution in [0.15, 0.2) is 0 Å². The molecule has 1 saturated heterocycles. The molecule has 2 saturated carbocycles. The van der Waals surface area contributed by atoms with Gasteiger partial charge in [0.2, 0.25) is 5.91 Å². The molecule has 0 atom stereocenters. The Kier molecular flexibility index (Phi) is 5.64. The maximum absolute atomic E-state index is 12.9. The van der Waals surface area contributed by atoms with Crippen molar-refractivity contribution in [1.82, 2.24) is 15.5 Å². The first-order chi connectivity index (χ1) is 12.0. The van der Waals surface area contributed by atoms with Gasteiger partial charge in [0, 0.05) is 6.04 Å². The molecule has 3 aliphatic rings. The second-order valence-corrected chi connectivity index (χ2v) is 8.20. The average molecular weight is 349 g/mol. The van der Waals surface area contributed by atoms with Crippen molar-refractivity contribution in [1.29, 1.82) is 0 Å². The molecule has 1 spiro atoms. The Hall–Kier alpha value is -1.59. The summed E-state index contributed by atoms with van der Waals surface area (Å²) in [6.07, 6.45) is 10.9. The van der Waals surface area contributed by atoms with Gasteiger partial charge in [0.15, 0.2) is 0 Å². The largest absolute Gasteiger partial charge is 0.352 e. The van der Waals surface area contributed by atoms with E-state index in [4.69, 9.17) is 0 Å². The van der Waals surface area contributed by atoms with Crippen molar-refractivity contribution in [3.05, 3.63) is 0 Å². The molecule has 1 heterocycles. The van der Waals surface area contributed by atoms with Gasteiger partial charge in [-0.25, -0.2) is 4.79 Å². The van der Waals surface area contributed by atoms with Gasteiger partial charge in [-0.15, -0.1) is 0 Å². The summed E-state index contributed by atoms with van der Waals surface area (Å²) in [5, 5.41) is 5.92. The number of carbonyl (C=O) groups is 3. The fraction of sp³-hybridized carbons (Fsp3) is 0.842. The lowest BCUT2D eigenvalue weighted by molar-refractivity contribution is -0.135. The third kappa shape index (κ3) is 4.15. The number of hydrogen-bond acceptors (Lipinski definition) is 3. The molecule has 0 aromatic rings. The summed E-state index contributed by atoms with van der Waals surface area (Å²) in [5.41, 5.74) is -0.766. The van der Waals surface area contributed by atoms with Gasteiger partial charge in [-0.1, -0.05) is 39.0 Å². The summed E-state index contributed by atoms with van der Waals surface area (Å²) in [7, 11) is 0. The lowest BCUT2D eigenvalue weighted by atomic mass is 9.84. The van der Waals surface area contributed by atoms with Crippen LogP contribution >= 0.6 is 0 Å². The molecule has 0 radical (unpaired) electrons. The molecule has 0 unspecified atom stereocenters. The molecule has 2 N–H and O–H groups in total. The lowest BCUT2D eigenvalue weighted by Gasteiger charge is -2.29. The van der Waals surface area contributed by atoms with Crippen LogP contribution in [-0.2, 0) is 9.59 Å². The summed E-state index contributed by atoms with van der Waals surface area (Å²) in [6.45, 7) is 2.08. The van der Waals surface area contributed by atoms with E-state index < -0.39 is 11.6 Å². The standard InChI is InChI=1S/C19H31N3O3/c1-14-7-9-15(10-8-14)20-16(23)13-22-17(24)19(21-18(22)25)11-5-3-2-4-6-12-19/h14-15H,2-13H2,1H3,(H,20,23)(H,21,25). The molecule has 3 rings (SSSR count). The van der Waals surface area contributed by atoms with Gasteiger partial charge in [0.05, 0.1) is 0 Å². The third-order valence-electron chi connectivity index (χ3n) is 6.14. The summed E-state index contributed by atoms with van der Waals surface area (Å²) in [4.78, 5) is 38.7. The predicted molar refractivity (Wildman–Crippen MR) is 94.9 cm³/mol. The van der Waals surface area contributed by atoms with Crippen molar-refractivity contribution in [2.45, 2.75) is 89.1 Å². The Morgan fingerprint density at radius 2 is 1.68 bits per heavy atom. The van der Waals surface area contributed by atoms with Crippen LogP contribution in [0.25, 0.3) is 0 Å². The van der Waals surface area contributed by atoms with E-state index >= 15 is 0 Å². The van der Waals surface area contributed by atoms with Gasteiger partial charge in [-0.3, -0.25) is 14.5 Å². The molecule has 140 valence electrons. The Balaban J connectivity index is 1.57. The molecule has 6 nitrogen and oxygen atoms in total. The van der Waals surface area contributed by atoms with Crippen LogP contribution in [-0.4, -0.2) is 40.9 Å². The first kappa shape index (κ1) is 18.2. The zero-order chi connectivity index (χ0) is 17.9. The highest BCUT2D eigenvalue weighted by atomic mass is 16.2. The fourth-order valence-corrected chi connectivity index (χ4v) is 4.49. The number of nitrogens with one attached hydrogen (secondary N) is 2. The average Bonchev–Trinajstić information content (AvgIpc) is 2.78. The van der Waals surface area contributed by atoms with E-state index in [9.17, 15) is 14.4 Å². The van der Waals surface area contributed by atoms with Crippen molar-refractivity contribution >= 4 is 17.8 Å². The van der Waals surface area contributed by atoms with Crippen LogP contribution in [0.5, 0.6) is 0 Å². The Morgan fingerprint density at radius 1 is 1.08 bits per heavy atom. The number of urea groups is 1. The van der Waals surface area contributed by atoms with E-state index in [2.05, 4.69) is 17.6 Å². The van der Waals surface area contributed by atoms with E-state index in [0.717, 1.165) is 62.2 Å². The van der Waals surface area contributed by atoms with Crippen molar-refractivity contribution in [3.63, 3.8) is 0 Å². The topological polar surface area (TPSA) is 78.5 Å². The number of carbonyl (C=O) groups excluding carboxylic acids is 3. The number of imide groups is 1. The maximum Gasteiger partial charge on any atom is 0.325 e. The van der Waals surface area contributed by atoms with E-state index in [0.29, 0.717) is 12.8 Å². The maximum atomic E-state index is 12.9. The van der Waals surface area contributed by atoms with Crippen molar-refractivity contribution in [3.8, 4) is 0 Å². The quantitative estimate of drug-likeness (QED) is 0.769. The highest BCUT2D eigenvalue weighted by Gasteiger charge is 2.50. The summed E-state index contributed by atoms with van der Waals surface area (Å²) in [5.74, 6) is 0.302. The summed E-state index contributed by atoms with van der Waals surface area (Å²) < 4.78 is 0. The highest BCUT2D eigenvalue weighted by Crippen LogP contribution is 2.32. The van der Waals surface area contributed by atoms with Crippen LogP contribution < -0.4 is 10.6 Å². The van der Waals surface area contributed by atoms with Gasteiger partial charge in [-0.05, 0) is 44.4 Å². The second kappa shape index (κ2) is 7.75. The lowest BCUT2D eigenvalue weighted by Crippen LogP contribution is -2.48. The molecular formula is C19H31N3O3. The van der Waals surface area contributed by atoms with Crippen LogP contribution in [0.1, 0.15) is 77.6 Å². The van der Waals surface area contributed by atoms with Gasteiger partial charge >= 0.3 is 6.03 Å². The molecule has 6 heteroatoms. The molecule has 1 aliphatic heterocycles.